The maximum atomic E-state index is 12.9. The van der Waals surface area contributed by atoms with Gasteiger partial charge in [0.15, 0.2) is 11.6 Å². The van der Waals surface area contributed by atoms with Gasteiger partial charge in [0.2, 0.25) is 0 Å². The normalized spacial score (nSPS) is 16.1. The standard InChI is InChI=1S/C12H11F2NO3/c13-8-2-1-7(5-9(8)14)10(16)15-6-12(3-4-12)11(17)18/h1-2,5H,3-4,6H2,(H,15,16)(H,17,18). The molecule has 2 rings (SSSR count). The maximum Gasteiger partial charge on any atom is 0.311 e. The summed E-state index contributed by atoms with van der Waals surface area (Å²) >= 11 is 0. The number of carbonyl (C=O) groups is 2. The largest absolute Gasteiger partial charge is 0.481 e. The first-order valence-electron chi connectivity index (χ1n) is 5.41. The summed E-state index contributed by atoms with van der Waals surface area (Å²) in [5.41, 5.74) is -0.913. The number of nitrogens with one attached hydrogen (secondary N) is 1. The van der Waals surface area contributed by atoms with Gasteiger partial charge in [-0.15, -0.1) is 0 Å². The predicted octanol–water partition coefficient (Wildman–Crippen LogP) is 1.56. The molecule has 0 unspecified atom stereocenters. The molecular weight excluding hydrogens is 244 g/mol. The van der Waals surface area contributed by atoms with Gasteiger partial charge in [-0.2, -0.15) is 0 Å². The highest BCUT2D eigenvalue weighted by Crippen LogP contribution is 2.45. The molecule has 0 aromatic heterocycles. The number of hydrogen-bond donors (Lipinski definition) is 2. The lowest BCUT2D eigenvalue weighted by atomic mass is 10.1. The van der Waals surface area contributed by atoms with Gasteiger partial charge in [-0.25, -0.2) is 8.78 Å². The minimum absolute atomic E-state index is 0.000161. The number of rotatable bonds is 4. The number of carboxylic acid groups (broad SMARTS) is 1. The van der Waals surface area contributed by atoms with Crippen LogP contribution in [0.3, 0.4) is 0 Å². The van der Waals surface area contributed by atoms with E-state index in [1.807, 2.05) is 0 Å². The van der Waals surface area contributed by atoms with Crippen LogP contribution in [-0.2, 0) is 4.79 Å². The minimum atomic E-state index is -1.11. The van der Waals surface area contributed by atoms with E-state index in [-0.39, 0.29) is 12.1 Å². The molecule has 0 saturated heterocycles. The lowest BCUT2D eigenvalue weighted by molar-refractivity contribution is -0.143. The summed E-state index contributed by atoms with van der Waals surface area (Å²) in [6, 6.07) is 2.79. The molecule has 1 amide bonds. The second kappa shape index (κ2) is 4.36. The van der Waals surface area contributed by atoms with Crippen LogP contribution in [0.4, 0.5) is 8.78 Å². The Labute approximate surface area is 102 Å². The van der Waals surface area contributed by atoms with Crippen LogP contribution in [0.15, 0.2) is 18.2 Å². The van der Waals surface area contributed by atoms with E-state index < -0.39 is 28.9 Å². The molecule has 6 heteroatoms. The van der Waals surface area contributed by atoms with Gasteiger partial charge in [-0.1, -0.05) is 0 Å². The van der Waals surface area contributed by atoms with Crippen molar-refractivity contribution in [3.8, 4) is 0 Å². The van der Waals surface area contributed by atoms with E-state index in [1.165, 1.54) is 0 Å². The van der Waals surface area contributed by atoms with Crippen molar-refractivity contribution in [2.45, 2.75) is 12.8 Å². The summed E-state index contributed by atoms with van der Waals surface area (Å²) in [5, 5.41) is 11.3. The Morgan fingerprint density at radius 2 is 1.94 bits per heavy atom. The first kappa shape index (κ1) is 12.5. The molecule has 0 atom stereocenters. The third kappa shape index (κ3) is 2.32. The smallest absolute Gasteiger partial charge is 0.311 e. The van der Waals surface area contributed by atoms with Crippen LogP contribution in [0.1, 0.15) is 23.2 Å². The van der Waals surface area contributed by atoms with Crippen LogP contribution in [0, 0.1) is 17.0 Å². The third-order valence-corrected chi connectivity index (χ3v) is 3.08. The van der Waals surface area contributed by atoms with Gasteiger partial charge in [0.1, 0.15) is 0 Å². The zero-order valence-corrected chi connectivity index (χ0v) is 9.37. The lowest BCUT2D eigenvalue weighted by Gasteiger charge is -2.11. The van der Waals surface area contributed by atoms with Crippen LogP contribution in [-0.4, -0.2) is 23.5 Å². The van der Waals surface area contributed by atoms with Gasteiger partial charge < -0.3 is 10.4 Å². The molecule has 18 heavy (non-hydrogen) atoms. The summed E-state index contributed by atoms with van der Waals surface area (Å²) in [6.07, 6.45) is 1.03. The van der Waals surface area contributed by atoms with E-state index in [0.29, 0.717) is 12.8 Å². The Bertz CT molecular complexity index is 512. The van der Waals surface area contributed by atoms with Crippen molar-refractivity contribution >= 4 is 11.9 Å². The van der Waals surface area contributed by atoms with Gasteiger partial charge in [0.25, 0.3) is 5.91 Å². The third-order valence-electron chi connectivity index (χ3n) is 3.08. The Kier molecular flexibility index (Phi) is 3.02. The van der Waals surface area contributed by atoms with Gasteiger partial charge in [0, 0.05) is 12.1 Å². The van der Waals surface area contributed by atoms with Gasteiger partial charge in [-0.05, 0) is 31.0 Å². The van der Waals surface area contributed by atoms with E-state index in [1.54, 1.807) is 0 Å². The summed E-state index contributed by atoms with van der Waals surface area (Å²) in [4.78, 5) is 22.5. The molecule has 1 aliphatic carbocycles. The summed E-state index contributed by atoms with van der Waals surface area (Å²) in [7, 11) is 0. The summed E-state index contributed by atoms with van der Waals surface area (Å²) < 4.78 is 25.6. The van der Waals surface area contributed by atoms with Crippen molar-refractivity contribution < 1.29 is 23.5 Å². The molecule has 1 aliphatic rings. The number of hydrogen-bond acceptors (Lipinski definition) is 2. The Hall–Kier alpha value is -1.98. The second-order valence-corrected chi connectivity index (χ2v) is 4.40. The molecule has 4 nitrogen and oxygen atoms in total. The van der Waals surface area contributed by atoms with Crippen molar-refractivity contribution in [2.24, 2.45) is 5.41 Å². The molecule has 1 aromatic rings. The molecule has 1 fully saturated rings. The fourth-order valence-corrected chi connectivity index (χ4v) is 1.61. The molecule has 0 heterocycles. The number of carbonyl (C=O) groups excluding carboxylic acids is 1. The van der Waals surface area contributed by atoms with E-state index in [9.17, 15) is 18.4 Å². The molecule has 0 bridgehead atoms. The maximum absolute atomic E-state index is 12.9. The molecule has 0 spiro atoms. The van der Waals surface area contributed by atoms with Crippen molar-refractivity contribution in [3.05, 3.63) is 35.4 Å². The highest BCUT2D eigenvalue weighted by atomic mass is 19.2. The quantitative estimate of drug-likeness (QED) is 0.858. The van der Waals surface area contributed by atoms with Crippen molar-refractivity contribution in [1.29, 1.82) is 0 Å². The first-order chi connectivity index (χ1) is 8.44. The van der Waals surface area contributed by atoms with Crippen molar-refractivity contribution in [3.63, 3.8) is 0 Å². The Morgan fingerprint density at radius 3 is 2.44 bits per heavy atom. The van der Waals surface area contributed by atoms with Gasteiger partial charge in [0.05, 0.1) is 5.41 Å². The van der Waals surface area contributed by atoms with Crippen molar-refractivity contribution in [1.82, 2.24) is 5.32 Å². The fraction of sp³-hybridized carbons (Fsp3) is 0.333. The zero-order valence-electron chi connectivity index (χ0n) is 9.37. The number of benzene rings is 1. The average Bonchev–Trinajstić information content (AvgIpc) is 3.11. The fourth-order valence-electron chi connectivity index (χ4n) is 1.61. The molecule has 1 saturated carbocycles. The molecule has 0 radical (unpaired) electrons. The van der Waals surface area contributed by atoms with Crippen molar-refractivity contribution in [2.75, 3.05) is 6.54 Å². The van der Waals surface area contributed by atoms with Gasteiger partial charge in [-0.3, -0.25) is 9.59 Å². The van der Waals surface area contributed by atoms with E-state index in [4.69, 9.17) is 5.11 Å². The predicted molar refractivity (Wildman–Crippen MR) is 58.0 cm³/mol. The number of aliphatic carboxylic acids is 1. The first-order valence-corrected chi connectivity index (χ1v) is 5.41. The Balaban J connectivity index is 2.00. The van der Waals surface area contributed by atoms with Crippen LogP contribution >= 0.6 is 0 Å². The molecular formula is C12H11F2NO3. The number of carboxylic acids is 1. The summed E-state index contributed by atoms with van der Waals surface area (Å²) in [5.74, 6) is -3.70. The summed E-state index contributed by atoms with van der Waals surface area (Å²) in [6.45, 7) is 0.000161. The number of halogens is 2. The van der Waals surface area contributed by atoms with E-state index >= 15 is 0 Å². The second-order valence-electron chi connectivity index (χ2n) is 4.40. The number of amides is 1. The molecule has 96 valence electrons. The van der Waals surface area contributed by atoms with Crippen LogP contribution < -0.4 is 5.32 Å². The van der Waals surface area contributed by atoms with E-state index in [0.717, 1.165) is 18.2 Å². The highest BCUT2D eigenvalue weighted by molar-refractivity contribution is 5.94. The topological polar surface area (TPSA) is 66.4 Å². The van der Waals surface area contributed by atoms with Crippen LogP contribution in [0.2, 0.25) is 0 Å². The lowest BCUT2D eigenvalue weighted by Crippen LogP contribution is -2.34. The molecule has 2 N–H and O–H groups in total. The van der Waals surface area contributed by atoms with E-state index in [2.05, 4.69) is 5.32 Å². The molecule has 0 aliphatic heterocycles. The highest BCUT2D eigenvalue weighted by Gasteiger charge is 2.50. The minimum Gasteiger partial charge on any atom is -0.481 e. The monoisotopic (exact) mass is 255 g/mol. The average molecular weight is 255 g/mol. The Morgan fingerprint density at radius 1 is 1.28 bits per heavy atom. The SMILES string of the molecule is O=C(NCC1(C(=O)O)CC1)c1ccc(F)c(F)c1. The molecule has 1 aromatic carbocycles. The zero-order chi connectivity index (χ0) is 13.3. The van der Waals surface area contributed by atoms with Crippen LogP contribution in [0.5, 0.6) is 0 Å². The van der Waals surface area contributed by atoms with Crippen LogP contribution in [0.25, 0.3) is 0 Å². The van der Waals surface area contributed by atoms with Gasteiger partial charge >= 0.3 is 5.97 Å².